The summed E-state index contributed by atoms with van der Waals surface area (Å²) in [4.78, 5) is 2.44. The lowest BCUT2D eigenvalue weighted by molar-refractivity contribution is 0.180. The number of aliphatic hydroxyl groups is 1. The number of aliphatic hydroxyl groups excluding tert-OH is 1. The number of hydrogen-bond donors (Lipinski definition) is 1. The Bertz CT molecular complexity index is 414. The molecular weight excluding hydrogens is 254 g/mol. The van der Waals surface area contributed by atoms with Crippen molar-refractivity contribution in [1.29, 1.82) is 0 Å². The van der Waals surface area contributed by atoms with E-state index < -0.39 is 6.10 Å². The summed E-state index contributed by atoms with van der Waals surface area (Å²) in [6.45, 7) is 5.74. The van der Waals surface area contributed by atoms with Gasteiger partial charge in [0.15, 0.2) is 11.5 Å². The predicted molar refractivity (Wildman–Crippen MR) is 79.4 cm³/mol. The molecule has 0 spiro atoms. The van der Waals surface area contributed by atoms with E-state index >= 15 is 0 Å². The highest BCUT2D eigenvalue weighted by Gasteiger charge is 2.11. The monoisotopic (exact) mass is 279 g/mol. The molecule has 1 aromatic rings. The maximum absolute atomic E-state index is 9.58. The average molecular weight is 279 g/mol. The fourth-order valence-electron chi connectivity index (χ4n) is 2.53. The zero-order valence-electron chi connectivity index (χ0n) is 12.5. The molecule has 0 aliphatic carbocycles. The van der Waals surface area contributed by atoms with Crippen LogP contribution in [0.25, 0.3) is 0 Å². The van der Waals surface area contributed by atoms with Gasteiger partial charge in [0.1, 0.15) is 6.61 Å². The van der Waals surface area contributed by atoms with Crippen molar-refractivity contribution >= 4 is 0 Å². The van der Waals surface area contributed by atoms with Gasteiger partial charge in [-0.25, -0.2) is 0 Å². The Morgan fingerprint density at radius 1 is 1.20 bits per heavy atom. The average Bonchev–Trinajstić information content (AvgIpc) is 2.48. The number of nitrogens with zero attached hydrogens (tertiary/aromatic N) is 1. The molecule has 1 aliphatic rings. The van der Waals surface area contributed by atoms with Gasteiger partial charge in [0, 0.05) is 6.54 Å². The van der Waals surface area contributed by atoms with E-state index in [0.29, 0.717) is 12.4 Å². The topological polar surface area (TPSA) is 41.9 Å². The van der Waals surface area contributed by atoms with Crippen molar-refractivity contribution in [3.8, 4) is 11.5 Å². The van der Waals surface area contributed by atoms with Crippen molar-refractivity contribution in [2.45, 2.75) is 32.3 Å². The Labute approximate surface area is 121 Å². The molecule has 1 aromatic carbocycles. The maximum Gasteiger partial charge on any atom is 0.161 e. The quantitative estimate of drug-likeness (QED) is 0.869. The summed E-state index contributed by atoms with van der Waals surface area (Å²) in [5.74, 6) is 1.43. The SMILES string of the molecule is COc1cc([C@H](C)O)ccc1OCCN1CCCCC1. The molecule has 0 radical (unpaired) electrons. The Hall–Kier alpha value is -1.26. The predicted octanol–water partition coefficient (Wildman–Crippen LogP) is 2.61. The van der Waals surface area contributed by atoms with Crippen molar-refractivity contribution in [2.24, 2.45) is 0 Å². The number of hydrogen-bond acceptors (Lipinski definition) is 4. The van der Waals surface area contributed by atoms with E-state index in [1.54, 1.807) is 14.0 Å². The molecule has 0 amide bonds. The second kappa shape index (κ2) is 7.50. The van der Waals surface area contributed by atoms with Crippen LogP contribution in [0.1, 0.15) is 37.9 Å². The van der Waals surface area contributed by atoms with E-state index in [0.717, 1.165) is 17.9 Å². The van der Waals surface area contributed by atoms with Crippen molar-refractivity contribution in [3.63, 3.8) is 0 Å². The number of benzene rings is 1. The summed E-state index contributed by atoms with van der Waals surface area (Å²) < 4.78 is 11.1. The molecule has 0 saturated carbocycles. The third kappa shape index (κ3) is 4.12. The summed E-state index contributed by atoms with van der Waals surface area (Å²) >= 11 is 0. The largest absolute Gasteiger partial charge is 0.493 e. The summed E-state index contributed by atoms with van der Waals surface area (Å²) in [6, 6.07) is 5.58. The molecule has 1 atom stereocenters. The fraction of sp³-hybridized carbons (Fsp3) is 0.625. The van der Waals surface area contributed by atoms with Crippen LogP contribution in [0.5, 0.6) is 11.5 Å². The molecule has 0 aromatic heterocycles. The van der Waals surface area contributed by atoms with E-state index in [1.807, 2.05) is 18.2 Å². The van der Waals surface area contributed by atoms with Crippen LogP contribution in [-0.4, -0.2) is 43.4 Å². The van der Waals surface area contributed by atoms with Gasteiger partial charge in [0.2, 0.25) is 0 Å². The van der Waals surface area contributed by atoms with Crippen molar-refractivity contribution in [3.05, 3.63) is 23.8 Å². The normalized spacial score (nSPS) is 17.8. The third-order valence-corrected chi connectivity index (χ3v) is 3.78. The number of rotatable bonds is 6. The lowest BCUT2D eigenvalue weighted by Crippen LogP contribution is -2.33. The van der Waals surface area contributed by atoms with Gasteiger partial charge < -0.3 is 14.6 Å². The molecule has 1 saturated heterocycles. The lowest BCUT2D eigenvalue weighted by atomic mass is 10.1. The van der Waals surface area contributed by atoms with E-state index in [1.165, 1.54) is 32.4 Å². The Morgan fingerprint density at radius 2 is 1.95 bits per heavy atom. The van der Waals surface area contributed by atoms with Crippen LogP contribution in [0.2, 0.25) is 0 Å². The molecule has 1 heterocycles. The molecule has 4 heteroatoms. The Kier molecular flexibility index (Phi) is 5.68. The van der Waals surface area contributed by atoms with Crippen LogP contribution in [0, 0.1) is 0 Å². The minimum atomic E-state index is -0.494. The van der Waals surface area contributed by atoms with Gasteiger partial charge >= 0.3 is 0 Å². The van der Waals surface area contributed by atoms with Crippen LogP contribution in [-0.2, 0) is 0 Å². The third-order valence-electron chi connectivity index (χ3n) is 3.78. The van der Waals surface area contributed by atoms with Gasteiger partial charge in [-0.05, 0) is 50.6 Å². The summed E-state index contributed by atoms with van der Waals surface area (Å²) in [7, 11) is 1.62. The van der Waals surface area contributed by atoms with Gasteiger partial charge in [-0.3, -0.25) is 4.90 Å². The molecule has 2 rings (SSSR count). The van der Waals surface area contributed by atoms with E-state index in [4.69, 9.17) is 9.47 Å². The van der Waals surface area contributed by atoms with E-state index in [-0.39, 0.29) is 0 Å². The van der Waals surface area contributed by atoms with E-state index in [9.17, 15) is 5.11 Å². The summed E-state index contributed by atoms with van der Waals surface area (Å²) in [6.07, 6.45) is 3.46. The lowest BCUT2D eigenvalue weighted by Gasteiger charge is -2.26. The Morgan fingerprint density at radius 3 is 2.60 bits per heavy atom. The van der Waals surface area contributed by atoms with Crippen LogP contribution < -0.4 is 9.47 Å². The molecule has 0 bridgehead atoms. The van der Waals surface area contributed by atoms with Crippen molar-refractivity contribution < 1.29 is 14.6 Å². The molecule has 112 valence electrons. The molecule has 4 nitrogen and oxygen atoms in total. The number of piperidine rings is 1. The number of likely N-dealkylation sites (tertiary alicyclic amines) is 1. The van der Waals surface area contributed by atoms with E-state index in [2.05, 4.69) is 4.90 Å². The maximum atomic E-state index is 9.58. The zero-order chi connectivity index (χ0) is 14.4. The standard InChI is InChI=1S/C16H25NO3/c1-13(18)14-6-7-15(16(12-14)19-2)20-11-10-17-8-4-3-5-9-17/h6-7,12-13,18H,3-5,8-11H2,1-2H3/t13-/m0/s1. The first-order valence-electron chi connectivity index (χ1n) is 7.42. The summed E-state index contributed by atoms with van der Waals surface area (Å²) in [5.41, 5.74) is 0.838. The minimum absolute atomic E-state index is 0.494. The van der Waals surface area contributed by atoms with Crippen LogP contribution >= 0.6 is 0 Å². The highest BCUT2D eigenvalue weighted by atomic mass is 16.5. The van der Waals surface area contributed by atoms with Gasteiger partial charge in [-0.1, -0.05) is 12.5 Å². The first-order valence-corrected chi connectivity index (χ1v) is 7.42. The number of ether oxygens (including phenoxy) is 2. The summed E-state index contributed by atoms with van der Waals surface area (Å²) in [5, 5.41) is 9.58. The second-order valence-electron chi connectivity index (χ2n) is 5.34. The van der Waals surface area contributed by atoms with Crippen molar-refractivity contribution in [2.75, 3.05) is 33.4 Å². The zero-order valence-corrected chi connectivity index (χ0v) is 12.5. The van der Waals surface area contributed by atoms with Gasteiger partial charge in [0.05, 0.1) is 13.2 Å². The first-order chi connectivity index (χ1) is 9.70. The Balaban J connectivity index is 1.88. The highest BCUT2D eigenvalue weighted by Crippen LogP contribution is 2.30. The molecule has 1 fully saturated rings. The molecule has 20 heavy (non-hydrogen) atoms. The molecule has 1 N–H and O–H groups in total. The van der Waals surface area contributed by atoms with Gasteiger partial charge in [-0.2, -0.15) is 0 Å². The smallest absolute Gasteiger partial charge is 0.161 e. The molecular formula is C16H25NO3. The molecule has 0 unspecified atom stereocenters. The first kappa shape index (κ1) is 15.1. The number of methoxy groups -OCH3 is 1. The highest BCUT2D eigenvalue weighted by molar-refractivity contribution is 5.43. The van der Waals surface area contributed by atoms with Gasteiger partial charge in [-0.15, -0.1) is 0 Å². The van der Waals surface area contributed by atoms with Crippen LogP contribution in [0.15, 0.2) is 18.2 Å². The minimum Gasteiger partial charge on any atom is -0.493 e. The van der Waals surface area contributed by atoms with Gasteiger partial charge in [0.25, 0.3) is 0 Å². The van der Waals surface area contributed by atoms with Crippen LogP contribution in [0.4, 0.5) is 0 Å². The molecule has 1 aliphatic heterocycles. The fourth-order valence-corrected chi connectivity index (χ4v) is 2.53. The van der Waals surface area contributed by atoms with Crippen molar-refractivity contribution in [1.82, 2.24) is 4.90 Å². The van der Waals surface area contributed by atoms with Crippen LogP contribution in [0.3, 0.4) is 0 Å². The second-order valence-corrected chi connectivity index (χ2v) is 5.34.